The number of benzene rings is 2. The highest BCUT2D eigenvalue weighted by atomic mass is 16.5. The summed E-state index contributed by atoms with van der Waals surface area (Å²) in [4.78, 5) is 12.1. The maximum atomic E-state index is 12.1. The highest BCUT2D eigenvalue weighted by Crippen LogP contribution is 2.14. The zero-order chi connectivity index (χ0) is 16.7. The summed E-state index contributed by atoms with van der Waals surface area (Å²) in [7, 11) is 0. The molecule has 118 valence electrons. The van der Waals surface area contributed by atoms with Gasteiger partial charge in [-0.15, -0.1) is 0 Å². The van der Waals surface area contributed by atoms with Crippen molar-refractivity contribution in [2.75, 3.05) is 0 Å². The normalized spacial score (nSPS) is 11.3. The predicted molar refractivity (Wildman–Crippen MR) is 85.5 cm³/mol. The van der Waals surface area contributed by atoms with Gasteiger partial charge in [-0.2, -0.15) is 5.26 Å². The molecule has 0 fully saturated rings. The van der Waals surface area contributed by atoms with Gasteiger partial charge in [-0.25, -0.2) is 0 Å². The second kappa shape index (κ2) is 7.97. The van der Waals surface area contributed by atoms with Gasteiger partial charge in [0, 0.05) is 6.54 Å². The molecule has 1 atom stereocenters. The molecule has 0 bridgehead atoms. The van der Waals surface area contributed by atoms with E-state index < -0.39 is 6.10 Å². The molecule has 2 aromatic carbocycles. The topological polar surface area (TPSA) is 82.3 Å². The molecular formula is C18H18N2O3. The highest BCUT2D eigenvalue weighted by Gasteiger charge is 2.15. The minimum Gasteiger partial charge on any atom is -0.481 e. The van der Waals surface area contributed by atoms with Crippen molar-refractivity contribution in [3.63, 3.8) is 0 Å². The SMILES string of the molecule is CC(Oc1cccc(C#N)c1)C(=O)NCc1ccccc1CO. The van der Waals surface area contributed by atoms with Crippen molar-refractivity contribution in [2.45, 2.75) is 26.2 Å². The summed E-state index contributed by atoms with van der Waals surface area (Å²) in [5, 5.41) is 20.9. The molecular weight excluding hydrogens is 292 g/mol. The monoisotopic (exact) mass is 310 g/mol. The Balaban J connectivity index is 1.93. The second-order valence-electron chi connectivity index (χ2n) is 5.04. The van der Waals surface area contributed by atoms with Crippen LogP contribution < -0.4 is 10.1 Å². The van der Waals surface area contributed by atoms with Crippen LogP contribution in [0.5, 0.6) is 5.75 Å². The van der Waals surface area contributed by atoms with E-state index >= 15 is 0 Å². The van der Waals surface area contributed by atoms with Gasteiger partial charge in [0.1, 0.15) is 5.75 Å². The number of hydrogen-bond acceptors (Lipinski definition) is 4. The first-order valence-corrected chi connectivity index (χ1v) is 7.26. The van der Waals surface area contributed by atoms with E-state index in [-0.39, 0.29) is 12.5 Å². The number of ether oxygens (including phenoxy) is 1. The molecule has 5 heteroatoms. The minimum atomic E-state index is -0.690. The molecule has 0 aliphatic carbocycles. The summed E-state index contributed by atoms with van der Waals surface area (Å²) >= 11 is 0. The third kappa shape index (κ3) is 4.56. The van der Waals surface area contributed by atoms with Crippen molar-refractivity contribution in [1.29, 1.82) is 5.26 Å². The Morgan fingerprint density at radius 1 is 1.26 bits per heavy atom. The Hall–Kier alpha value is -2.84. The third-order valence-corrected chi connectivity index (χ3v) is 3.39. The van der Waals surface area contributed by atoms with Crippen LogP contribution in [0.3, 0.4) is 0 Å². The number of nitrogens with one attached hydrogen (secondary N) is 1. The van der Waals surface area contributed by atoms with Gasteiger partial charge in [0.2, 0.25) is 0 Å². The maximum Gasteiger partial charge on any atom is 0.261 e. The number of nitrogens with zero attached hydrogens (tertiary/aromatic N) is 1. The molecule has 5 nitrogen and oxygen atoms in total. The predicted octanol–water partition coefficient (Wildman–Crippen LogP) is 2.13. The fourth-order valence-electron chi connectivity index (χ4n) is 2.11. The molecule has 0 radical (unpaired) electrons. The summed E-state index contributed by atoms with van der Waals surface area (Å²) in [5.74, 6) is 0.211. The molecule has 0 saturated carbocycles. The lowest BCUT2D eigenvalue weighted by Crippen LogP contribution is -2.36. The van der Waals surface area contributed by atoms with Crippen molar-refractivity contribution in [2.24, 2.45) is 0 Å². The zero-order valence-electron chi connectivity index (χ0n) is 12.8. The molecule has 0 aliphatic heterocycles. The number of carbonyl (C=O) groups excluding carboxylic acids is 1. The average molecular weight is 310 g/mol. The Kier molecular flexibility index (Phi) is 5.73. The minimum absolute atomic E-state index is 0.0704. The molecule has 1 amide bonds. The maximum absolute atomic E-state index is 12.1. The van der Waals surface area contributed by atoms with Crippen LogP contribution in [0, 0.1) is 11.3 Å². The van der Waals surface area contributed by atoms with Crippen molar-refractivity contribution in [3.05, 3.63) is 65.2 Å². The standard InChI is InChI=1S/C18H18N2O3/c1-13(23-17-8-4-5-14(9-17)10-19)18(22)20-11-15-6-2-3-7-16(15)12-21/h2-9,13,21H,11-12H2,1H3,(H,20,22). The molecule has 2 aromatic rings. The van der Waals surface area contributed by atoms with Gasteiger partial charge in [-0.1, -0.05) is 30.3 Å². The number of hydrogen-bond donors (Lipinski definition) is 2. The number of amides is 1. The number of carbonyl (C=O) groups is 1. The Morgan fingerprint density at radius 2 is 2.00 bits per heavy atom. The fourth-order valence-corrected chi connectivity index (χ4v) is 2.11. The van der Waals surface area contributed by atoms with E-state index in [1.165, 1.54) is 0 Å². The highest BCUT2D eigenvalue weighted by molar-refractivity contribution is 5.80. The van der Waals surface area contributed by atoms with E-state index in [0.717, 1.165) is 11.1 Å². The molecule has 0 heterocycles. The molecule has 23 heavy (non-hydrogen) atoms. The smallest absolute Gasteiger partial charge is 0.261 e. The molecule has 0 saturated heterocycles. The summed E-state index contributed by atoms with van der Waals surface area (Å²) in [6, 6.07) is 16.0. The van der Waals surface area contributed by atoms with Gasteiger partial charge in [-0.3, -0.25) is 4.79 Å². The van der Waals surface area contributed by atoms with Crippen molar-refractivity contribution >= 4 is 5.91 Å². The Morgan fingerprint density at radius 3 is 2.70 bits per heavy atom. The van der Waals surface area contributed by atoms with Crippen LogP contribution in [0.1, 0.15) is 23.6 Å². The third-order valence-electron chi connectivity index (χ3n) is 3.39. The van der Waals surface area contributed by atoms with Crippen LogP contribution in [0.25, 0.3) is 0 Å². The van der Waals surface area contributed by atoms with E-state index in [0.29, 0.717) is 17.9 Å². The molecule has 2 rings (SSSR count). The zero-order valence-corrected chi connectivity index (χ0v) is 12.8. The van der Waals surface area contributed by atoms with E-state index in [1.54, 1.807) is 31.2 Å². The van der Waals surface area contributed by atoms with E-state index in [2.05, 4.69) is 5.32 Å². The number of aliphatic hydroxyl groups is 1. The van der Waals surface area contributed by atoms with Crippen LogP contribution in [0.2, 0.25) is 0 Å². The summed E-state index contributed by atoms with van der Waals surface area (Å²) < 4.78 is 5.55. The lowest BCUT2D eigenvalue weighted by atomic mass is 10.1. The quantitative estimate of drug-likeness (QED) is 0.856. The van der Waals surface area contributed by atoms with E-state index in [9.17, 15) is 9.90 Å². The average Bonchev–Trinajstić information content (AvgIpc) is 2.59. The van der Waals surface area contributed by atoms with Gasteiger partial charge < -0.3 is 15.2 Å². The van der Waals surface area contributed by atoms with Crippen LogP contribution >= 0.6 is 0 Å². The molecule has 1 unspecified atom stereocenters. The summed E-state index contributed by atoms with van der Waals surface area (Å²) in [6.45, 7) is 1.90. The van der Waals surface area contributed by atoms with Gasteiger partial charge >= 0.3 is 0 Å². The molecule has 0 spiro atoms. The largest absolute Gasteiger partial charge is 0.481 e. The number of rotatable bonds is 6. The lowest BCUT2D eigenvalue weighted by Gasteiger charge is -2.15. The van der Waals surface area contributed by atoms with Crippen molar-refractivity contribution in [1.82, 2.24) is 5.32 Å². The lowest BCUT2D eigenvalue weighted by molar-refractivity contribution is -0.127. The van der Waals surface area contributed by atoms with E-state index in [4.69, 9.17) is 10.00 Å². The van der Waals surface area contributed by atoms with Crippen LogP contribution in [0.15, 0.2) is 48.5 Å². The Bertz CT molecular complexity index is 722. The second-order valence-corrected chi connectivity index (χ2v) is 5.04. The van der Waals surface area contributed by atoms with Crippen LogP contribution in [-0.2, 0) is 17.9 Å². The molecule has 2 N–H and O–H groups in total. The van der Waals surface area contributed by atoms with Gasteiger partial charge in [-0.05, 0) is 36.2 Å². The molecule has 0 aromatic heterocycles. The first-order chi connectivity index (χ1) is 11.1. The van der Waals surface area contributed by atoms with Crippen molar-refractivity contribution < 1.29 is 14.6 Å². The van der Waals surface area contributed by atoms with Gasteiger partial charge in [0.05, 0.1) is 18.2 Å². The summed E-state index contributed by atoms with van der Waals surface area (Å²) in [6.07, 6.45) is -0.690. The van der Waals surface area contributed by atoms with Gasteiger partial charge in [0.25, 0.3) is 5.91 Å². The first kappa shape index (κ1) is 16.5. The van der Waals surface area contributed by atoms with Crippen LogP contribution in [0.4, 0.5) is 0 Å². The fraction of sp³-hybridized carbons (Fsp3) is 0.222. The van der Waals surface area contributed by atoms with Crippen molar-refractivity contribution in [3.8, 4) is 11.8 Å². The first-order valence-electron chi connectivity index (χ1n) is 7.26. The molecule has 0 aliphatic rings. The number of aliphatic hydroxyl groups excluding tert-OH is 1. The Labute approximate surface area is 135 Å². The number of nitriles is 1. The van der Waals surface area contributed by atoms with E-state index in [1.807, 2.05) is 30.3 Å². The van der Waals surface area contributed by atoms with Crippen LogP contribution in [-0.4, -0.2) is 17.1 Å². The summed E-state index contributed by atoms with van der Waals surface area (Å²) in [5.41, 5.74) is 2.12. The van der Waals surface area contributed by atoms with Gasteiger partial charge in [0.15, 0.2) is 6.10 Å².